The quantitative estimate of drug-likeness (QED) is 0.736. The van der Waals surface area contributed by atoms with Crippen LogP contribution in [0.25, 0.3) is 6.08 Å². The number of aliphatic hydroxyl groups excluding tert-OH is 1. The first kappa shape index (κ1) is 16.3. The molecule has 0 aliphatic rings. The minimum Gasteiger partial charge on any atom is -0.496 e. The molecule has 3 heteroatoms. The summed E-state index contributed by atoms with van der Waals surface area (Å²) in [5, 5.41) is 13.2. The van der Waals surface area contributed by atoms with Crippen molar-refractivity contribution in [2.75, 3.05) is 20.2 Å². The molecule has 0 radical (unpaired) electrons. The minimum atomic E-state index is -0.373. The van der Waals surface area contributed by atoms with Crippen LogP contribution in [0, 0.1) is 0 Å². The molecular formula is C19H23NO2. The highest BCUT2D eigenvalue weighted by atomic mass is 16.5. The molecule has 0 fully saturated rings. The second kappa shape index (κ2) is 9.03. The summed E-state index contributed by atoms with van der Waals surface area (Å²) < 4.78 is 5.30. The van der Waals surface area contributed by atoms with Crippen LogP contribution < -0.4 is 10.1 Å². The van der Waals surface area contributed by atoms with Gasteiger partial charge in [0, 0.05) is 18.7 Å². The molecule has 0 heterocycles. The van der Waals surface area contributed by atoms with E-state index in [1.165, 1.54) is 0 Å². The number of ether oxygens (including phenoxy) is 1. The van der Waals surface area contributed by atoms with E-state index in [4.69, 9.17) is 4.74 Å². The Hall–Kier alpha value is -2.10. The maximum absolute atomic E-state index is 9.99. The van der Waals surface area contributed by atoms with Crippen molar-refractivity contribution in [3.05, 3.63) is 71.8 Å². The molecule has 0 amide bonds. The average molecular weight is 297 g/mol. The molecule has 1 atom stereocenters. The van der Waals surface area contributed by atoms with E-state index in [2.05, 4.69) is 5.32 Å². The fourth-order valence-electron chi connectivity index (χ4n) is 2.28. The lowest BCUT2D eigenvalue weighted by atomic mass is 10.1. The molecule has 0 aliphatic carbocycles. The summed E-state index contributed by atoms with van der Waals surface area (Å²) in [6.07, 6.45) is 4.36. The third-order valence-corrected chi connectivity index (χ3v) is 3.39. The van der Waals surface area contributed by atoms with Crippen molar-refractivity contribution in [2.24, 2.45) is 0 Å². The van der Waals surface area contributed by atoms with E-state index in [9.17, 15) is 5.11 Å². The van der Waals surface area contributed by atoms with Crippen molar-refractivity contribution in [1.29, 1.82) is 0 Å². The fraction of sp³-hybridized carbons (Fsp3) is 0.263. The SMILES string of the molecule is COc1ccccc1C=CCNCC(O)Cc1ccccc1. The first-order valence-electron chi connectivity index (χ1n) is 7.52. The zero-order chi connectivity index (χ0) is 15.6. The summed E-state index contributed by atoms with van der Waals surface area (Å²) in [6.45, 7) is 1.29. The van der Waals surface area contributed by atoms with E-state index in [1.807, 2.05) is 66.7 Å². The standard InChI is InChI=1S/C19H23NO2/c1-22-19-12-6-5-10-17(19)11-7-13-20-15-18(21)14-16-8-3-2-4-9-16/h2-12,18,20-21H,13-15H2,1H3. The Kier molecular flexibility index (Phi) is 6.68. The van der Waals surface area contributed by atoms with Gasteiger partial charge in [-0.2, -0.15) is 0 Å². The number of hydrogen-bond acceptors (Lipinski definition) is 3. The summed E-state index contributed by atoms with van der Waals surface area (Å²) >= 11 is 0. The summed E-state index contributed by atoms with van der Waals surface area (Å²) in [4.78, 5) is 0. The zero-order valence-corrected chi connectivity index (χ0v) is 12.9. The number of hydrogen-bond donors (Lipinski definition) is 2. The molecule has 0 spiro atoms. The van der Waals surface area contributed by atoms with Gasteiger partial charge in [-0.25, -0.2) is 0 Å². The third-order valence-electron chi connectivity index (χ3n) is 3.39. The highest BCUT2D eigenvalue weighted by Gasteiger charge is 2.03. The van der Waals surface area contributed by atoms with Crippen LogP contribution >= 0.6 is 0 Å². The molecule has 0 bridgehead atoms. The van der Waals surface area contributed by atoms with E-state index >= 15 is 0 Å². The van der Waals surface area contributed by atoms with Gasteiger partial charge >= 0.3 is 0 Å². The number of methoxy groups -OCH3 is 1. The molecule has 2 aromatic carbocycles. The molecular weight excluding hydrogens is 274 g/mol. The molecule has 0 saturated heterocycles. The summed E-state index contributed by atoms with van der Waals surface area (Å²) in [7, 11) is 1.67. The highest BCUT2D eigenvalue weighted by molar-refractivity contribution is 5.57. The molecule has 2 N–H and O–H groups in total. The number of nitrogens with one attached hydrogen (secondary N) is 1. The molecule has 22 heavy (non-hydrogen) atoms. The smallest absolute Gasteiger partial charge is 0.126 e. The van der Waals surface area contributed by atoms with Crippen LogP contribution in [-0.2, 0) is 6.42 Å². The van der Waals surface area contributed by atoms with Gasteiger partial charge < -0.3 is 15.2 Å². The Bertz CT molecular complexity index is 581. The number of rotatable bonds is 8. The normalized spacial score (nSPS) is 12.5. The zero-order valence-electron chi connectivity index (χ0n) is 12.9. The van der Waals surface area contributed by atoms with Crippen LogP contribution in [0.3, 0.4) is 0 Å². The van der Waals surface area contributed by atoms with Crippen LogP contribution in [0.5, 0.6) is 5.75 Å². The van der Waals surface area contributed by atoms with Crippen LogP contribution in [0.4, 0.5) is 0 Å². The predicted octanol–water partition coefficient (Wildman–Crippen LogP) is 2.90. The van der Waals surface area contributed by atoms with Crippen LogP contribution in [0.2, 0.25) is 0 Å². The lowest BCUT2D eigenvalue weighted by Gasteiger charge is -2.10. The third kappa shape index (κ3) is 5.35. The predicted molar refractivity (Wildman–Crippen MR) is 91.1 cm³/mol. The maximum atomic E-state index is 9.99. The topological polar surface area (TPSA) is 41.5 Å². The monoisotopic (exact) mass is 297 g/mol. The first-order chi connectivity index (χ1) is 10.8. The average Bonchev–Trinajstić information content (AvgIpc) is 2.56. The maximum Gasteiger partial charge on any atom is 0.126 e. The van der Waals surface area contributed by atoms with E-state index in [0.29, 0.717) is 19.5 Å². The van der Waals surface area contributed by atoms with E-state index in [1.54, 1.807) is 7.11 Å². The van der Waals surface area contributed by atoms with Gasteiger partial charge in [-0.3, -0.25) is 0 Å². The largest absolute Gasteiger partial charge is 0.496 e. The minimum absolute atomic E-state index is 0.373. The lowest BCUT2D eigenvalue weighted by molar-refractivity contribution is 0.173. The van der Waals surface area contributed by atoms with Crippen molar-refractivity contribution >= 4 is 6.08 Å². The molecule has 2 rings (SSSR count). The number of aliphatic hydroxyl groups is 1. The van der Waals surface area contributed by atoms with Gasteiger partial charge in [0.1, 0.15) is 5.75 Å². The molecule has 3 nitrogen and oxygen atoms in total. The Morgan fingerprint density at radius 2 is 1.82 bits per heavy atom. The molecule has 2 aromatic rings. The Balaban J connectivity index is 1.71. The molecule has 0 saturated carbocycles. The van der Waals surface area contributed by atoms with Gasteiger partial charge in [0.15, 0.2) is 0 Å². The van der Waals surface area contributed by atoms with Crippen molar-refractivity contribution in [1.82, 2.24) is 5.32 Å². The Morgan fingerprint density at radius 1 is 1.09 bits per heavy atom. The van der Waals surface area contributed by atoms with Crippen molar-refractivity contribution in [3.63, 3.8) is 0 Å². The van der Waals surface area contributed by atoms with E-state index in [-0.39, 0.29) is 6.10 Å². The highest BCUT2D eigenvalue weighted by Crippen LogP contribution is 2.18. The molecule has 0 aromatic heterocycles. The Labute approximate surface area is 132 Å². The first-order valence-corrected chi connectivity index (χ1v) is 7.52. The summed E-state index contributed by atoms with van der Waals surface area (Å²) in [5.74, 6) is 0.864. The second-order valence-corrected chi connectivity index (χ2v) is 5.15. The van der Waals surface area contributed by atoms with Gasteiger partial charge in [0.05, 0.1) is 13.2 Å². The van der Waals surface area contributed by atoms with Crippen molar-refractivity contribution in [2.45, 2.75) is 12.5 Å². The van der Waals surface area contributed by atoms with Crippen LogP contribution in [-0.4, -0.2) is 31.4 Å². The summed E-state index contributed by atoms with van der Waals surface area (Å²) in [5.41, 5.74) is 2.21. The van der Waals surface area contributed by atoms with E-state index < -0.39 is 0 Å². The Morgan fingerprint density at radius 3 is 2.59 bits per heavy atom. The fourth-order valence-corrected chi connectivity index (χ4v) is 2.28. The number of para-hydroxylation sites is 1. The van der Waals surface area contributed by atoms with Crippen LogP contribution in [0.15, 0.2) is 60.7 Å². The number of benzene rings is 2. The summed E-state index contributed by atoms with van der Waals surface area (Å²) in [6, 6.07) is 17.9. The van der Waals surface area contributed by atoms with Crippen molar-refractivity contribution in [3.8, 4) is 5.75 Å². The van der Waals surface area contributed by atoms with Gasteiger partial charge in [0.2, 0.25) is 0 Å². The van der Waals surface area contributed by atoms with Gasteiger partial charge in [0.25, 0.3) is 0 Å². The molecule has 0 aliphatic heterocycles. The molecule has 116 valence electrons. The van der Waals surface area contributed by atoms with E-state index in [0.717, 1.165) is 16.9 Å². The second-order valence-electron chi connectivity index (χ2n) is 5.15. The van der Waals surface area contributed by atoms with Crippen LogP contribution in [0.1, 0.15) is 11.1 Å². The van der Waals surface area contributed by atoms with Crippen molar-refractivity contribution < 1.29 is 9.84 Å². The van der Waals surface area contributed by atoms with Gasteiger partial charge in [-0.15, -0.1) is 0 Å². The lowest BCUT2D eigenvalue weighted by Crippen LogP contribution is -2.28. The molecule has 1 unspecified atom stereocenters. The van der Waals surface area contributed by atoms with Gasteiger partial charge in [-0.05, 0) is 18.1 Å². The van der Waals surface area contributed by atoms with Gasteiger partial charge in [-0.1, -0.05) is 60.7 Å².